The van der Waals surface area contributed by atoms with Crippen LogP contribution in [0.2, 0.25) is 0 Å². The van der Waals surface area contributed by atoms with Crippen LogP contribution in [0.3, 0.4) is 0 Å². The number of hydrazone groups is 1. The summed E-state index contributed by atoms with van der Waals surface area (Å²) < 4.78 is 5.52. The van der Waals surface area contributed by atoms with Crippen molar-refractivity contribution in [3.63, 3.8) is 0 Å². The number of para-hydroxylation sites is 1. The summed E-state index contributed by atoms with van der Waals surface area (Å²) in [6, 6.07) is 13.9. The summed E-state index contributed by atoms with van der Waals surface area (Å²) in [4.78, 5) is 23.0. The SMILES string of the molecule is C=CCOc1ccccc1/C=N/NC(=O)c1ccc(NC(C)=O)cc1. The van der Waals surface area contributed by atoms with Crippen LogP contribution >= 0.6 is 0 Å². The molecule has 0 aliphatic heterocycles. The Morgan fingerprint density at radius 2 is 1.88 bits per heavy atom. The monoisotopic (exact) mass is 337 g/mol. The molecule has 0 unspecified atom stereocenters. The fraction of sp³-hybridized carbons (Fsp3) is 0.105. The molecule has 2 amide bonds. The summed E-state index contributed by atoms with van der Waals surface area (Å²) in [6.07, 6.45) is 3.17. The van der Waals surface area contributed by atoms with Crippen molar-refractivity contribution >= 4 is 23.7 Å². The zero-order chi connectivity index (χ0) is 18.1. The third-order valence-corrected chi connectivity index (χ3v) is 3.11. The van der Waals surface area contributed by atoms with Crippen LogP contribution in [0.25, 0.3) is 0 Å². The minimum absolute atomic E-state index is 0.167. The first kappa shape index (κ1) is 17.9. The molecular weight excluding hydrogens is 318 g/mol. The number of nitrogens with one attached hydrogen (secondary N) is 2. The van der Waals surface area contributed by atoms with E-state index in [9.17, 15) is 9.59 Å². The molecule has 0 spiro atoms. The van der Waals surface area contributed by atoms with E-state index in [1.54, 1.807) is 30.3 Å². The summed E-state index contributed by atoms with van der Waals surface area (Å²) in [5.41, 5.74) is 4.26. The van der Waals surface area contributed by atoms with Gasteiger partial charge in [0.25, 0.3) is 5.91 Å². The molecule has 0 saturated carbocycles. The van der Waals surface area contributed by atoms with E-state index >= 15 is 0 Å². The third kappa shape index (κ3) is 5.62. The van der Waals surface area contributed by atoms with Crippen molar-refractivity contribution in [2.24, 2.45) is 5.10 Å². The highest BCUT2D eigenvalue weighted by atomic mass is 16.5. The highest BCUT2D eigenvalue weighted by molar-refractivity contribution is 5.96. The average molecular weight is 337 g/mol. The molecule has 128 valence electrons. The Labute approximate surface area is 146 Å². The molecule has 0 heterocycles. The largest absolute Gasteiger partial charge is 0.489 e. The first-order valence-electron chi connectivity index (χ1n) is 7.64. The fourth-order valence-electron chi connectivity index (χ4n) is 2.00. The predicted molar refractivity (Wildman–Crippen MR) is 97.9 cm³/mol. The summed E-state index contributed by atoms with van der Waals surface area (Å²) in [5, 5.41) is 6.59. The van der Waals surface area contributed by atoms with Gasteiger partial charge in [0.2, 0.25) is 5.91 Å². The van der Waals surface area contributed by atoms with Crippen LogP contribution in [0, 0.1) is 0 Å². The molecule has 2 aromatic carbocycles. The number of rotatable bonds is 7. The summed E-state index contributed by atoms with van der Waals surface area (Å²) in [5.74, 6) is 0.134. The second-order valence-corrected chi connectivity index (χ2v) is 5.10. The number of hydrogen-bond acceptors (Lipinski definition) is 4. The van der Waals surface area contributed by atoms with E-state index in [2.05, 4.69) is 22.4 Å². The Morgan fingerprint density at radius 1 is 1.16 bits per heavy atom. The Balaban J connectivity index is 1.98. The summed E-state index contributed by atoms with van der Waals surface area (Å²) in [7, 11) is 0. The molecule has 0 aromatic heterocycles. The van der Waals surface area contributed by atoms with Crippen LogP contribution in [-0.2, 0) is 4.79 Å². The molecule has 0 aliphatic carbocycles. The van der Waals surface area contributed by atoms with E-state index in [1.807, 2.05) is 24.3 Å². The highest BCUT2D eigenvalue weighted by Gasteiger charge is 2.05. The second kappa shape index (κ2) is 9.02. The van der Waals surface area contributed by atoms with Crippen LogP contribution in [0.5, 0.6) is 5.75 Å². The molecule has 6 nitrogen and oxygen atoms in total. The molecule has 0 fully saturated rings. The quantitative estimate of drug-likeness (QED) is 0.463. The van der Waals surface area contributed by atoms with Crippen molar-refractivity contribution < 1.29 is 14.3 Å². The zero-order valence-corrected chi connectivity index (χ0v) is 13.9. The van der Waals surface area contributed by atoms with Gasteiger partial charge in [0.1, 0.15) is 12.4 Å². The maximum Gasteiger partial charge on any atom is 0.271 e. The van der Waals surface area contributed by atoms with Gasteiger partial charge in [-0.25, -0.2) is 5.43 Å². The van der Waals surface area contributed by atoms with Crippen LogP contribution < -0.4 is 15.5 Å². The van der Waals surface area contributed by atoms with Gasteiger partial charge in [0, 0.05) is 23.7 Å². The number of benzene rings is 2. The molecular formula is C19H19N3O3. The van der Waals surface area contributed by atoms with E-state index in [0.29, 0.717) is 23.6 Å². The molecule has 25 heavy (non-hydrogen) atoms. The molecule has 0 bridgehead atoms. The highest BCUT2D eigenvalue weighted by Crippen LogP contribution is 2.15. The van der Waals surface area contributed by atoms with E-state index in [0.717, 1.165) is 5.56 Å². The van der Waals surface area contributed by atoms with Crippen molar-refractivity contribution in [1.82, 2.24) is 5.43 Å². The number of amides is 2. The lowest BCUT2D eigenvalue weighted by Crippen LogP contribution is -2.17. The second-order valence-electron chi connectivity index (χ2n) is 5.10. The Kier molecular flexibility index (Phi) is 6.47. The van der Waals surface area contributed by atoms with Gasteiger partial charge in [-0.3, -0.25) is 9.59 Å². The topological polar surface area (TPSA) is 79.8 Å². The maximum absolute atomic E-state index is 12.1. The lowest BCUT2D eigenvalue weighted by atomic mass is 10.2. The normalized spacial score (nSPS) is 10.3. The van der Waals surface area contributed by atoms with Crippen LogP contribution in [-0.4, -0.2) is 24.6 Å². The minimum Gasteiger partial charge on any atom is -0.489 e. The number of nitrogens with zero attached hydrogens (tertiary/aromatic N) is 1. The van der Waals surface area contributed by atoms with Gasteiger partial charge >= 0.3 is 0 Å². The standard InChI is InChI=1S/C19H19N3O3/c1-3-12-25-18-7-5-4-6-16(18)13-20-22-19(24)15-8-10-17(11-9-15)21-14(2)23/h3-11,13H,1,12H2,2H3,(H,21,23)(H,22,24)/b20-13+. The van der Waals surface area contributed by atoms with Crippen molar-refractivity contribution in [3.05, 3.63) is 72.3 Å². The van der Waals surface area contributed by atoms with E-state index in [4.69, 9.17) is 4.74 Å². The van der Waals surface area contributed by atoms with Crippen molar-refractivity contribution in [3.8, 4) is 5.75 Å². The molecule has 2 rings (SSSR count). The Morgan fingerprint density at radius 3 is 2.56 bits per heavy atom. The maximum atomic E-state index is 12.1. The average Bonchev–Trinajstić information content (AvgIpc) is 2.61. The number of ether oxygens (including phenoxy) is 1. The van der Waals surface area contributed by atoms with Crippen molar-refractivity contribution in [2.45, 2.75) is 6.92 Å². The summed E-state index contributed by atoms with van der Waals surface area (Å²) >= 11 is 0. The van der Waals surface area contributed by atoms with E-state index in [1.165, 1.54) is 13.1 Å². The zero-order valence-electron chi connectivity index (χ0n) is 13.9. The van der Waals surface area contributed by atoms with Gasteiger partial charge in [0.05, 0.1) is 6.21 Å². The fourth-order valence-corrected chi connectivity index (χ4v) is 2.00. The van der Waals surface area contributed by atoms with Gasteiger partial charge in [-0.2, -0.15) is 5.10 Å². The molecule has 2 aromatic rings. The number of hydrogen-bond donors (Lipinski definition) is 2. The molecule has 0 radical (unpaired) electrons. The molecule has 0 saturated heterocycles. The predicted octanol–water partition coefficient (Wildman–Crippen LogP) is 2.97. The van der Waals surface area contributed by atoms with Gasteiger partial charge in [0.15, 0.2) is 0 Å². The Hall–Kier alpha value is -3.41. The van der Waals surface area contributed by atoms with Gasteiger partial charge in [-0.1, -0.05) is 24.8 Å². The lowest BCUT2D eigenvalue weighted by molar-refractivity contribution is -0.114. The number of carbonyl (C=O) groups is 2. The van der Waals surface area contributed by atoms with Crippen molar-refractivity contribution in [2.75, 3.05) is 11.9 Å². The number of carbonyl (C=O) groups excluding carboxylic acids is 2. The van der Waals surface area contributed by atoms with Gasteiger partial charge < -0.3 is 10.1 Å². The first-order chi connectivity index (χ1) is 12.1. The number of anilines is 1. The van der Waals surface area contributed by atoms with E-state index in [-0.39, 0.29) is 11.8 Å². The lowest BCUT2D eigenvalue weighted by Gasteiger charge is -2.06. The minimum atomic E-state index is -0.352. The van der Waals surface area contributed by atoms with E-state index < -0.39 is 0 Å². The molecule has 0 aliphatic rings. The van der Waals surface area contributed by atoms with Crippen LogP contribution in [0.1, 0.15) is 22.8 Å². The summed E-state index contributed by atoms with van der Waals surface area (Å²) in [6.45, 7) is 5.42. The van der Waals surface area contributed by atoms with Gasteiger partial charge in [-0.15, -0.1) is 0 Å². The van der Waals surface area contributed by atoms with Crippen LogP contribution in [0.15, 0.2) is 66.3 Å². The molecule has 6 heteroatoms. The molecule has 0 atom stereocenters. The Bertz CT molecular complexity index is 783. The van der Waals surface area contributed by atoms with Gasteiger partial charge in [-0.05, 0) is 36.4 Å². The van der Waals surface area contributed by atoms with Crippen LogP contribution in [0.4, 0.5) is 5.69 Å². The third-order valence-electron chi connectivity index (χ3n) is 3.11. The smallest absolute Gasteiger partial charge is 0.271 e. The first-order valence-corrected chi connectivity index (χ1v) is 7.64. The van der Waals surface area contributed by atoms with Crippen molar-refractivity contribution in [1.29, 1.82) is 0 Å². The molecule has 2 N–H and O–H groups in total.